The lowest BCUT2D eigenvalue weighted by atomic mass is 10.2. The monoisotopic (exact) mass is 454 g/mol. The Morgan fingerprint density at radius 3 is 2.61 bits per heavy atom. The molecule has 2 rings (SSSR count). The van der Waals surface area contributed by atoms with Gasteiger partial charge >= 0.3 is 11.8 Å². The van der Waals surface area contributed by atoms with Crippen LogP contribution in [0.2, 0.25) is 0 Å². The van der Waals surface area contributed by atoms with Crippen LogP contribution in [0.25, 0.3) is 0 Å². The molecule has 33 heavy (non-hydrogen) atoms. The van der Waals surface area contributed by atoms with Gasteiger partial charge in [-0.1, -0.05) is 24.3 Å². The topological polar surface area (TPSA) is 118 Å². The van der Waals surface area contributed by atoms with Gasteiger partial charge in [0.05, 0.1) is 12.3 Å². The van der Waals surface area contributed by atoms with Gasteiger partial charge in [-0.25, -0.2) is 5.43 Å². The Labute approximate surface area is 193 Å². The highest BCUT2D eigenvalue weighted by Crippen LogP contribution is 2.13. The van der Waals surface area contributed by atoms with Crippen LogP contribution in [0.3, 0.4) is 0 Å². The molecule has 0 radical (unpaired) electrons. The largest absolute Gasteiger partial charge is 0.484 e. The summed E-state index contributed by atoms with van der Waals surface area (Å²) in [4.78, 5) is 35.6. The number of rotatable bonds is 11. The highest BCUT2D eigenvalue weighted by atomic mass is 16.5. The summed E-state index contributed by atoms with van der Waals surface area (Å²) in [5, 5.41) is 9.05. The van der Waals surface area contributed by atoms with Crippen molar-refractivity contribution in [3.63, 3.8) is 0 Å². The number of hydrazone groups is 1. The highest BCUT2D eigenvalue weighted by molar-refractivity contribution is 6.35. The summed E-state index contributed by atoms with van der Waals surface area (Å²) in [6.45, 7) is 6.47. The van der Waals surface area contributed by atoms with E-state index in [1.54, 1.807) is 30.3 Å². The van der Waals surface area contributed by atoms with Gasteiger partial charge in [0.25, 0.3) is 5.91 Å². The zero-order valence-electron chi connectivity index (χ0n) is 19.1. The number of amides is 3. The van der Waals surface area contributed by atoms with Gasteiger partial charge < -0.3 is 20.1 Å². The molecule has 0 aliphatic carbocycles. The highest BCUT2D eigenvalue weighted by Gasteiger charge is 2.11. The van der Waals surface area contributed by atoms with Crippen molar-refractivity contribution < 1.29 is 23.9 Å². The van der Waals surface area contributed by atoms with E-state index >= 15 is 0 Å². The van der Waals surface area contributed by atoms with Crippen LogP contribution >= 0.6 is 0 Å². The van der Waals surface area contributed by atoms with Crippen LogP contribution in [0.1, 0.15) is 31.4 Å². The summed E-state index contributed by atoms with van der Waals surface area (Å²) >= 11 is 0. The lowest BCUT2D eigenvalue weighted by Gasteiger charge is -2.08. The molecule has 0 bridgehead atoms. The number of nitrogens with one attached hydrogen (secondary N) is 3. The number of carbonyl (C=O) groups excluding carboxylic acids is 3. The zero-order chi connectivity index (χ0) is 24.1. The molecule has 0 aliphatic rings. The summed E-state index contributed by atoms with van der Waals surface area (Å²) in [6.07, 6.45) is 2.11. The van der Waals surface area contributed by atoms with Gasteiger partial charge in [0, 0.05) is 18.8 Å². The molecular weight excluding hydrogens is 424 g/mol. The van der Waals surface area contributed by atoms with E-state index in [0.717, 1.165) is 5.56 Å². The van der Waals surface area contributed by atoms with Gasteiger partial charge in [0.1, 0.15) is 5.75 Å². The van der Waals surface area contributed by atoms with Crippen LogP contribution in [0.15, 0.2) is 53.6 Å². The zero-order valence-corrected chi connectivity index (χ0v) is 19.1. The third kappa shape index (κ3) is 10.4. The van der Waals surface area contributed by atoms with Crippen molar-refractivity contribution in [2.45, 2.75) is 33.3 Å². The molecule has 176 valence electrons. The fourth-order valence-corrected chi connectivity index (χ4v) is 2.64. The molecule has 0 aromatic heterocycles. The molecular formula is C24H30N4O5. The van der Waals surface area contributed by atoms with E-state index in [-0.39, 0.29) is 18.6 Å². The molecule has 2 aromatic rings. The molecule has 0 aliphatic heterocycles. The van der Waals surface area contributed by atoms with Crippen molar-refractivity contribution in [1.29, 1.82) is 0 Å². The second-order valence-electron chi connectivity index (χ2n) is 7.51. The Hall–Kier alpha value is -3.72. The van der Waals surface area contributed by atoms with Crippen LogP contribution in [0, 0.1) is 6.92 Å². The number of ether oxygens (including phenoxy) is 2. The van der Waals surface area contributed by atoms with Crippen LogP contribution in [0.5, 0.6) is 5.75 Å². The minimum Gasteiger partial charge on any atom is -0.484 e. The third-order valence-corrected chi connectivity index (χ3v) is 4.17. The summed E-state index contributed by atoms with van der Waals surface area (Å²) < 4.78 is 10.9. The van der Waals surface area contributed by atoms with Gasteiger partial charge in [-0.2, -0.15) is 5.10 Å². The Kier molecular flexibility index (Phi) is 10.6. The van der Waals surface area contributed by atoms with Crippen molar-refractivity contribution >= 4 is 29.6 Å². The SMILES string of the molecule is Cc1cccc(NC(=O)COc2cccc(/C=N\NC(=O)C(=O)NCCCOC(C)C)c2)c1. The van der Waals surface area contributed by atoms with Crippen LogP contribution < -0.4 is 20.8 Å². The van der Waals surface area contributed by atoms with Gasteiger partial charge in [-0.15, -0.1) is 0 Å². The predicted molar refractivity (Wildman–Crippen MR) is 126 cm³/mol. The Bertz CT molecular complexity index is 975. The van der Waals surface area contributed by atoms with Gasteiger partial charge in [-0.3, -0.25) is 14.4 Å². The first-order chi connectivity index (χ1) is 15.8. The molecule has 0 spiro atoms. The fourth-order valence-electron chi connectivity index (χ4n) is 2.64. The van der Waals surface area contributed by atoms with E-state index in [0.29, 0.717) is 36.6 Å². The van der Waals surface area contributed by atoms with Crippen molar-refractivity contribution in [3.05, 3.63) is 59.7 Å². The standard InChI is InChI=1S/C24H30N4O5/c1-17(2)32-12-6-11-25-23(30)24(31)28-26-15-19-8-5-10-21(14-19)33-16-22(29)27-20-9-4-7-18(3)13-20/h4-5,7-10,13-15,17H,6,11-12,16H2,1-3H3,(H,25,30)(H,27,29)(H,28,31)/b26-15-. The average Bonchev–Trinajstić information content (AvgIpc) is 2.77. The molecule has 9 nitrogen and oxygen atoms in total. The first kappa shape index (κ1) is 25.5. The summed E-state index contributed by atoms with van der Waals surface area (Å²) in [5.41, 5.74) is 4.54. The van der Waals surface area contributed by atoms with E-state index in [2.05, 4.69) is 21.2 Å². The molecule has 0 heterocycles. The van der Waals surface area contributed by atoms with Crippen LogP contribution in [-0.4, -0.2) is 49.8 Å². The molecule has 9 heteroatoms. The minimum atomic E-state index is -0.865. The molecule has 0 fully saturated rings. The number of benzene rings is 2. The predicted octanol–water partition coefficient (Wildman–Crippen LogP) is 2.39. The summed E-state index contributed by atoms with van der Waals surface area (Å²) in [6, 6.07) is 14.3. The fraction of sp³-hybridized carbons (Fsp3) is 0.333. The van der Waals surface area contributed by atoms with Gasteiger partial charge in [0.15, 0.2) is 6.61 Å². The quantitative estimate of drug-likeness (QED) is 0.209. The molecule has 3 amide bonds. The number of aryl methyl sites for hydroxylation is 1. The number of hydrogen-bond donors (Lipinski definition) is 3. The van der Waals surface area contributed by atoms with Crippen molar-refractivity contribution in [3.8, 4) is 5.75 Å². The van der Waals surface area contributed by atoms with E-state index in [9.17, 15) is 14.4 Å². The number of nitrogens with zero attached hydrogens (tertiary/aromatic N) is 1. The number of hydrogen-bond acceptors (Lipinski definition) is 6. The van der Waals surface area contributed by atoms with E-state index in [4.69, 9.17) is 9.47 Å². The molecule has 0 saturated heterocycles. The van der Waals surface area contributed by atoms with Crippen molar-refractivity contribution in [1.82, 2.24) is 10.7 Å². The second-order valence-corrected chi connectivity index (χ2v) is 7.51. The maximum Gasteiger partial charge on any atom is 0.329 e. The van der Waals surface area contributed by atoms with E-state index in [1.165, 1.54) is 6.21 Å². The average molecular weight is 455 g/mol. The first-order valence-corrected chi connectivity index (χ1v) is 10.7. The second kappa shape index (κ2) is 13.6. The molecule has 2 aromatic carbocycles. The summed E-state index contributed by atoms with van der Waals surface area (Å²) in [7, 11) is 0. The minimum absolute atomic E-state index is 0.123. The lowest BCUT2D eigenvalue weighted by Crippen LogP contribution is -2.38. The van der Waals surface area contributed by atoms with Gasteiger partial charge in [-0.05, 0) is 62.6 Å². The van der Waals surface area contributed by atoms with Crippen LogP contribution in [0.4, 0.5) is 5.69 Å². The van der Waals surface area contributed by atoms with E-state index in [1.807, 2.05) is 39.0 Å². The van der Waals surface area contributed by atoms with Crippen molar-refractivity contribution in [2.24, 2.45) is 5.10 Å². The first-order valence-electron chi connectivity index (χ1n) is 10.7. The molecule has 0 atom stereocenters. The maximum atomic E-state index is 12.1. The number of anilines is 1. The van der Waals surface area contributed by atoms with Crippen LogP contribution in [-0.2, 0) is 19.1 Å². The smallest absolute Gasteiger partial charge is 0.329 e. The maximum absolute atomic E-state index is 12.1. The van der Waals surface area contributed by atoms with Crippen molar-refractivity contribution in [2.75, 3.05) is 25.1 Å². The third-order valence-electron chi connectivity index (χ3n) is 4.17. The van der Waals surface area contributed by atoms with Gasteiger partial charge in [0.2, 0.25) is 0 Å². The Morgan fingerprint density at radius 1 is 1.06 bits per heavy atom. The normalized spacial score (nSPS) is 10.8. The molecule has 0 saturated carbocycles. The Balaban J connectivity index is 1.74. The van der Waals surface area contributed by atoms with E-state index < -0.39 is 11.8 Å². The number of carbonyl (C=O) groups is 3. The Morgan fingerprint density at radius 2 is 1.85 bits per heavy atom. The summed E-state index contributed by atoms with van der Waals surface area (Å²) in [5.74, 6) is -1.45. The molecule has 0 unspecified atom stereocenters. The lowest BCUT2D eigenvalue weighted by molar-refractivity contribution is -0.139. The molecule has 3 N–H and O–H groups in total.